The average molecular weight is 321 g/mol. The molecule has 1 heterocycles. The van der Waals surface area contributed by atoms with Gasteiger partial charge in [0.1, 0.15) is 11.6 Å². The highest BCUT2D eigenvalue weighted by atomic mass is 79.9. The average Bonchev–Trinajstić information content (AvgIpc) is 2.57. The van der Waals surface area contributed by atoms with Crippen LogP contribution in [-0.2, 0) is 0 Å². The summed E-state index contributed by atoms with van der Waals surface area (Å²) in [7, 11) is 3.78. The van der Waals surface area contributed by atoms with E-state index in [1.165, 1.54) is 6.07 Å². The minimum Gasteiger partial charge on any atom is -0.317 e. The molecule has 1 atom stereocenters. The van der Waals surface area contributed by atoms with Gasteiger partial charge in [-0.25, -0.2) is 14.1 Å². The highest BCUT2D eigenvalue weighted by Gasteiger charge is 2.17. The van der Waals surface area contributed by atoms with Crippen LogP contribution in [0.3, 0.4) is 0 Å². The van der Waals surface area contributed by atoms with E-state index in [2.05, 4.69) is 20.9 Å². The molecule has 0 amide bonds. The van der Waals surface area contributed by atoms with E-state index in [0.717, 1.165) is 5.52 Å². The predicted octanol–water partition coefficient (Wildman–Crippen LogP) is 3.44. The molecule has 2 aromatic rings. The molecule has 0 aliphatic heterocycles. The molecule has 1 unspecified atom stereocenters. The Kier molecular flexibility index (Phi) is 3.32. The Hall–Kier alpha value is -0.810. The van der Waals surface area contributed by atoms with Gasteiger partial charge < -0.3 is 5.01 Å². The van der Waals surface area contributed by atoms with E-state index in [0.29, 0.717) is 15.8 Å². The molecule has 0 saturated heterocycles. The van der Waals surface area contributed by atoms with Crippen LogP contribution in [0.2, 0.25) is 0 Å². The van der Waals surface area contributed by atoms with Crippen molar-refractivity contribution in [2.45, 2.75) is 12.3 Å². The molecule has 0 spiro atoms. The van der Waals surface area contributed by atoms with Gasteiger partial charge in [0, 0.05) is 20.2 Å². The van der Waals surface area contributed by atoms with E-state index < -0.39 is 0 Å². The molecule has 6 heteroatoms. The van der Waals surface area contributed by atoms with Gasteiger partial charge in [0.25, 0.3) is 0 Å². The van der Waals surface area contributed by atoms with Gasteiger partial charge in [-0.15, -0.1) is 11.6 Å². The van der Waals surface area contributed by atoms with E-state index in [-0.39, 0.29) is 11.2 Å². The highest BCUT2D eigenvalue weighted by molar-refractivity contribution is 9.10. The fourth-order valence-electron chi connectivity index (χ4n) is 1.76. The lowest BCUT2D eigenvalue weighted by molar-refractivity contribution is 0.622. The van der Waals surface area contributed by atoms with Crippen LogP contribution in [0.4, 0.5) is 4.39 Å². The Labute approximate surface area is 112 Å². The maximum absolute atomic E-state index is 13.4. The van der Waals surface area contributed by atoms with E-state index >= 15 is 0 Å². The molecule has 0 saturated carbocycles. The number of nitrogens with zero attached hydrogens (tertiary/aromatic N) is 3. The number of imidazole rings is 1. The molecule has 1 aromatic carbocycles. The van der Waals surface area contributed by atoms with E-state index in [9.17, 15) is 4.39 Å². The number of benzene rings is 1. The van der Waals surface area contributed by atoms with Crippen LogP contribution in [-0.4, -0.2) is 23.8 Å². The molecule has 17 heavy (non-hydrogen) atoms. The number of aromatic nitrogens is 2. The van der Waals surface area contributed by atoms with E-state index in [1.54, 1.807) is 6.07 Å². The van der Waals surface area contributed by atoms with Gasteiger partial charge in [0.15, 0.2) is 0 Å². The minimum atomic E-state index is -0.324. The number of hydrogen-bond donors (Lipinski definition) is 0. The Bertz CT molecular complexity index is 565. The molecule has 0 N–H and O–H groups in total. The van der Waals surface area contributed by atoms with Crippen LogP contribution in [0.15, 0.2) is 16.6 Å². The van der Waals surface area contributed by atoms with Crippen LogP contribution < -0.4 is 5.01 Å². The predicted molar refractivity (Wildman–Crippen MR) is 71.7 cm³/mol. The number of rotatable bonds is 2. The first-order chi connectivity index (χ1) is 7.91. The molecule has 92 valence electrons. The summed E-state index contributed by atoms with van der Waals surface area (Å²) < 4.78 is 15.7. The minimum absolute atomic E-state index is 0.244. The third-order valence-corrected chi connectivity index (χ3v) is 3.26. The quantitative estimate of drug-likeness (QED) is 0.791. The van der Waals surface area contributed by atoms with Crippen LogP contribution in [0, 0.1) is 5.82 Å². The van der Waals surface area contributed by atoms with Crippen molar-refractivity contribution < 1.29 is 4.39 Å². The largest absolute Gasteiger partial charge is 0.317 e. The van der Waals surface area contributed by atoms with Gasteiger partial charge >= 0.3 is 0 Å². The summed E-state index contributed by atoms with van der Waals surface area (Å²) in [6, 6.07) is 3.11. The summed E-state index contributed by atoms with van der Waals surface area (Å²) in [6.45, 7) is 1.84. The van der Waals surface area contributed by atoms with Crippen molar-refractivity contribution >= 4 is 38.6 Å². The Morgan fingerprint density at radius 3 is 2.65 bits per heavy atom. The SMILES string of the molecule is CC(Cl)c1nc2cc(F)c(Br)cc2n1N(C)C. The molecule has 3 nitrogen and oxygen atoms in total. The summed E-state index contributed by atoms with van der Waals surface area (Å²) in [5.41, 5.74) is 1.42. The first-order valence-electron chi connectivity index (χ1n) is 5.11. The van der Waals surface area contributed by atoms with Crippen LogP contribution in [0.1, 0.15) is 18.1 Å². The van der Waals surface area contributed by atoms with Gasteiger partial charge in [0.05, 0.1) is 20.9 Å². The fraction of sp³-hybridized carbons (Fsp3) is 0.364. The van der Waals surface area contributed by atoms with Crippen molar-refractivity contribution in [3.63, 3.8) is 0 Å². The highest BCUT2D eigenvalue weighted by Crippen LogP contribution is 2.28. The molecular formula is C11H12BrClFN3. The lowest BCUT2D eigenvalue weighted by Gasteiger charge is -2.19. The lowest BCUT2D eigenvalue weighted by atomic mass is 10.3. The first kappa shape index (κ1) is 12.6. The Balaban J connectivity index is 2.80. The molecule has 2 rings (SSSR count). The number of fused-ring (bicyclic) bond motifs is 1. The van der Waals surface area contributed by atoms with Crippen LogP contribution in [0.25, 0.3) is 11.0 Å². The smallest absolute Gasteiger partial charge is 0.146 e. The zero-order chi connectivity index (χ0) is 12.7. The topological polar surface area (TPSA) is 21.1 Å². The van der Waals surface area contributed by atoms with Crippen molar-refractivity contribution in [2.24, 2.45) is 0 Å². The Morgan fingerprint density at radius 1 is 1.47 bits per heavy atom. The van der Waals surface area contributed by atoms with E-state index in [4.69, 9.17) is 11.6 Å². The molecule has 0 fully saturated rings. The van der Waals surface area contributed by atoms with Gasteiger partial charge in [-0.2, -0.15) is 0 Å². The zero-order valence-electron chi connectivity index (χ0n) is 9.71. The van der Waals surface area contributed by atoms with Crippen molar-refractivity contribution in [3.8, 4) is 0 Å². The number of hydrogen-bond acceptors (Lipinski definition) is 2. The molecule has 0 radical (unpaired) electrons. The normalized spacial score (nSPS) is 13.1. The van der Waals surface area contributed by atoms with Crippen LogP contribution in [0.5, 0.6) is 0 Å². The summed E-state index contributed by atoms with van der Waals surface area (Å²) in [4.78, 5) is 4.36. The van der Waals surface area contributed by atoms with Crippen molar-refractivity contribution in [3.05, 3.63) is 28.2 Å². The summed E-state index contributed by atoms with van der Waals surface area (Å²) in [5, 5.41) is 1.63. The van der Waals surface area contributed by atoms with Gasteiger partial charge in [-0.05, 0) is 28.9 Å². The standard InChI is InChI=1S/C11H12BrClFN3/c1-6(13)11-15-9-5-8(14)7(12)4-10(9)17(11)16(2)3/h4-6H,1-3H3. The maximum Gasteiger partial charge on any atom is 0.146 e. The molecule has 0 bridgehead atoms. The summed E-state index contributed by atoms with van der Waals surface area (Å²) in [6.07, 6.45) is 0. The van der Waals surface area contributed by atoms with Gasteiger partial charge in [0.2, 0.25) is 0 Å². The van der Waals surface area contributed by atoms with Gasteiger partial charge in [-0.1, -0.05) is 0 Å². The maximum atomic E-state index is 13.4. The third-order valence-electron chi connectivity index (χ3n) is 2.45. The van der Waals surface area contributed by atoms with Crippen LogP contribution >= 0.6 is 27.5 Å². The summed E-state index contributed by atoms with van der Waals surface area (Å²) in [5.74, 6) is 0.374. The second-order valence-electron chi connectivity index (χ2n) is 4.00. The fourth-order valence-corrected chi connectivity index (χ4v) is 2.23. The summed E-state index contributed by atoms with van der Waals surface area (Å²) >= 11 is 9.27. The zero-order valence-corrected chi connectivity index (χ0v) is 12.0. The third kappa shape index (κ3) is 2.13. The molecular weight excluding hydrogens is 308 g/mol. The number of alkyl halides is 1. The molecule has 0 aliphatic rings. The van der Waals surface area contributed by atoms with Crippen molar-refractivity contribution in [2.75, 3.05) is 19.1 Å². The van der Waals surface area contributed by atoms with E-state index in [1.807, 2.05) is 30.7 Å². The molecule has 1 aromatic heterocycles. The monoisotopic (exact) mass is 319 g/mol. The molecule has 0 aliphatic carbocycles. The Morgan fingerprint density at radius 2 is 2.12 bits per heavy atom. The van der Waals surface area contributed by atoms with Crippen molar-refractivity contribution in [1.82, 2.24) is 9.66 Å². The van der Waals surface area contributed by atoms with Gasteiger partial charge in [-0.3, -0.25) is 0 Å². The first-order valence-corrected chi connectivity index (χ1v) is 6.34. The number of halogens is 3. The lowest BCUT2D eigenvalue weighted by Crippen LogP contribution is -2.27. The van der Waals surface area contributed by atoms with Crippen molar-refractivity contribution in [1.29, 1.82) is 0 Å². The second kappa shape index (κ2) is 4.46. The second-order valence-corrected chi connectivity index (χ2v) is 5.51.